The molecule has 0 radical (unpaired) electrons. The Hall–Kier alpha value is -3.83. The Morgan fingerprint density at radius 3 is 2.35 bits per heavy atom. The van der Waals surface area contributed by atoms with E-state index in [2.05, 4.69) is 11.2 Å². The van der Waals surface area contributed by atoms with Gasteiger partial charge in [-0.2, -0.15) is 0 Å². The van der Waals surface area contributed by atoms with E-state index in [-0.39, 0.29) is 19.1 Å². The van der Waals surface area contributed by atoms with Crippen LogP contribution in [0.4, 0.5) is 4.79 Å². The molecule has 0 aromatic heterocycles. The third-order valence-electron chi connectivity index (χ3n) is 6.36. The Kier molecular flexibility index (Phi) is 6.57. The van der Waals surface area contributed by atoms with Gasteiger partial charge in [0, 0.05) is 12.5 Å². The van der Waals surface area contributed by atoms with Crippen LogP contribution in [-0.4, -0.2) is 64.4 Å². The minimum Gasteiger partial charge on any atom is -0.481 e. The molecule has 2 aliphatic rings. The number of carboxylic acids is 1. The highest BCUT2D eigenvalue weighted by Crippen LogP contribution is 2.44. The Morgan fingerprint density at radius 2 is 1.76 bits per heavy atom. The molecule has 3 N–H and O–H groups in total. The van der Waals surface area contributed by atoms with Crippen LogP contribution in [0, 0.1) is 12.3 Å². The van der Waals surface area contributed by atoms with Gasteiger partial charge < -0.3 is 25.2 Å². The van der Waals surface area contributed by atoms with E-state index >= 15 is 0 Å². The number of likely N-dealkylation sites (tertiary alicyclic amines) is 1. The van der Waals surface area contributed by atoms with Gasteiger partial charge in [0.2, 0.25) is 5.91 Å². The van der Waals surface area contributed by atoms with E-state index in [0.717, 1.165) is 22.3 Å². The number of ether oxygens (including phenoxy) is 1. The largest absolute Gasteiger partial charge is 0.481 e. The minimum absolute atomic E-state index is 0.0361. The number of nitrogens with zero attached hydrogens (tertiary/aromatic N) is 1. The van der Waals surface area contributed by atoms with Gasteiger partial charge in [-0.1, -0.05) is 54.5 Å². The minimum atomic E-state index is -1.47. The lowest BCUT2D eigenvalue weighted by Crippen LogP contribution is -2.56. The van der Waals surface area contributed by atoms with Crippen molar-refractivity contribution in [2.24, 2.45) is 0 Å². The molecule has 1 aliphatic heterocycles. The van der Waals surface area contributed by atoms with Gasteiger partial charge in [0.1, 0.15) is 18.2 Å². The van der Waals surface area contributed by atoms with E-state index < -0.39 is 36.0 Å². The molecule has 1 aliphatic carbocycles. The van der Waals surface area contributed by atoms with E-state index in [9.17, 15) is 24.6 Å². The van der Waals surface area contributed by atoms with Gasteiger partial charge in [0.05, 0.1) is 13.0 Å². The summed E-state index contributed by atoms with van der Waals surface area (Å²) in [5.74, 6) is 0.250. The third-order valence-corrected chi connectivity index (χ3v) is 6.36. The highest BCUT2D eigenvalue weighted by atomic mass is 16.5. The number of terminal acetylenes is 1. The van der Waals surface area contributed by atoms with E-state index in [1.54, 1.807) is 0 Å². The molecule has 2 unspecified atom stereocenters. The smallest absolute Gasteiger partial charge is 0.407 e. The molecule has 1 saturated heterocycles. The first-order chi connectivity index (χ1) is 16.3. The molecule has 8 heteroatoms. The maximum absolute atomic E-state index is 13.0. The average Bonchev–Trinajstić information content (AvgIpc) is 3.15. The Bertz CT molecular complexity index is 1110. The summed E-state index contributed by atoms with van der Waals surface area (Å²) in [5.41, 5.74) is 2.77. The normalized spacial score (nSPS) is 19.9. The van der Waals surface area contributed by atoms with Crippen molar-refractivity contribution < 1.29 is 29.3 Å². The van der Waals surface area contributed by atoms with Crippen LogP contribution in [0.5, 0.6) is 0 Å². The highest BCUT2D eigenvalue weighted by Gasteiger charge is 2.37. The van der Waals surface area contributed by atoms with Crippen LogP contribution in [0.2, 0.25) is 0 Å². The van der Waals surface area contributed by atoms with Gasteiger partial charge in [-0.3, -0.25) is 9.59 Å². The number of piperidine rings is 1. The number of alkyl carbamates (subject to hydrolysis) is 1. The number of hydrogen-bond acceptors (Lipinski definition) is 5. The zero-order chi connectivity index (χ0) is 24.3. The summed E-state index contributed by atoms with van der Waals surface area (Å²) in [6, 6.07) is 14.4. The Morgan fingerprint density at radius 1 is 1.15 bits per heavy atom. The zero-order valence-corrected chi connectivity index (χ0v) is 18.6. The van der Waals surface area contributed by atoms with Crippen molar-refractivity contribution in [3.8, 4) is 23.5 Å². The molecule has 2 aromatic rings. The van der Waals surface area contributed by atoms with Gasteiger partial charge in [-0.15, -0.1) is 6.42 Å². The number of carboxylic acid groups (broad SMARTS) is 1. The van der Waals surface area contributed by atoms with E-state index in [1.165, 1.54) is 4.90 Å². The molecular formula is C26H26N2O6. The van der Waals surface area contributed by atoms with Crippen molar-refractivity contribution >= 4 is 18.0 Å². The van der Waals surface area contributed by atoms with Crippen molar-refractivity contribution in [2.45, 2.75) is 36.8 Å². The number of aliphatic hydroxyl groups is 1. The Balaban J connectivity index is 1.44. The first kappa shape index (κ1) is 23.3. The second-order valence-corrected chi connectivity index (χ2v) is 8.66. The predicted molar refractivity (Wildman–Crippen MR) is 124 cm³/mol. The summed E-state index contributed by atoms with van der Waals surface area (Å²) in [6.45, 7) is 0.227. The predicted octanol–water partition coefficient (Wildman–Crippen LogP) is 2.36. The topological polar surface area (TPSA) is 116 Å². The second-order valence-electron chi connectivity index (χ2n) is 8.66. The van der Waals surface area contributed by atoms with E-state index in [4.69, 9.17) is 11.2 Å². The summed E-state index contributed by atoms with van der Waals surface area (Å²) in [4.78, 5) is 38.2. The number of aliphatic carboxylic acids is 1. The number of carbonyl (C=O) groups excluding carboxylic acids is 2. The number of β-amino-alcohol motifs (C(OH)–C–C–N with tert-alkyl or cyclic N) is 1. The molecule has 0 spiro atoms. The van der Waals surface area contributed by atoms with Crippen LogP contribution in [-0.2, 0) is 14.3 Å². The van der Waals surface area contributed by atoms with Crippen LogP contribution in [0.1, 0.15) is 36.3 Å². The highest BCUT2D eigenvalue weighted by molar-refractivity contribution is 5.89. The molecule has 8 nitrogen and oxygen atoms in total. The molecule has 1 fully saturated rings. The van der Waals surface area contributed by atoms with Crippen LogP contribution >= 0.6 is 0 Å². The van der Waals surface area contributed by atoms with Crippen LogP contribution in [0.3, 0.4) is 0 Å². The van der Waals surface area contributed by atoms with Crippen molar-refractivity contribution in [1.29, 1.82) is 0 Å². The van der Waals surface area contributed by atoms with Crippen molar-refractivity contribution in [2.75, 3.05) is 19.7 Å². The molecule has 2 aromatic carbocycles. The Labute approximate surface area is 197 Å². The molecule has 1 heterocycles. The molecule has 0 saturated carbocycles. The number of amides is 2. The lowest BCUT2D eigenvalue weighted by Gasteiger charge is -2.37. The van der Waals surface area contributed by atoms with Gasteiger partial charge in [-0.05, 0) is 35.1 Å². The average molecular weight is 463 g/mol. The monoisotopic (exact) mass is 462 g/mol. The number of carbonyl (C=O) groups is 3. The van der Waals surface area contributed by atoms with Gasteiger partial charge in [0.25, 0.3) is 0 Å². The summed E-state index contributed by atoms with van der Waals surface area (Å²) in [5, 5.41) is 22.0. The molecule has 2 atom stereocenters. The van der Waals surface area contributed by atoms with Gasteiger partial charge in [-0.25, -0.2) is 4.79 Å². The van der Waals surface area contributed by atoms with Crippen LogP contribution < -0.4 is 5.32 Å². The van der Waals surface area contributed by atoms with Crippen molar-refractivity contribution in [3.63, 3.8) is 0 Å². The second kappa shape index (κ2) is 9.57. The molecule has 0 bridgehead atoms. The standard InChI is InChI=1S/C26H26N2O6/c1-2-26(33)12-7-13-28(16-26)24(31)22(14-23(29)30)27-25(32)34-15-21-19-10-5-3-8-17(19)18-9-4-6-11-20(18)21/h1,3-6,8-11,21-22,33H,7,12-16H2,(H,27,32)(H,29,30). The first-order valence-corrected chi connectivity index (χ1v) is 11.1. The number of fused-ring (bicyclic) bond motifs is 3. The lowest BCUT2D eigenvalue weighted by atomic mass is 9.93. The lowest BCUT2D eigenvalue weighted by molar-refractivity contribution is -0.144. The third kappa shape index (κ3) is 4.75. The first-order valence-electron chi connectivity index (χ1n) is 11.1. The molecule has 34 heavy (non-hydrogen) atoms. The molecule has 176 valence electrons. The van der Waals surface area contributed by atoms with Gasteiger partial charge >= 0.3 is 12.1 Å². The number of benzene rings is 2. The number of rotatable bonds is 6. The molecular weight excluding hydrogens is 436 g/mol. The summed E-state index contributed by atoms with van der Waals surface area (Å²) in [6.07, 6.45) is 4.70. The van der Waals surface area contributed by atoms with Crippen molar-refractivity contribution in [1.82, 2.24) is 10.2 Å². The fourth-order valence-electron chi connectivity index (χ4n) is 4.72. The van der Waals surface area contributed by atoms with Crippen LogP contribution in [0.25, 0.3) is 11.1 Å². The van der Waals surface area contributed by atoms with E-state index in [1.807, 2.05) is 48.5 Å². The zero-order valence-electron chi connectivity index (χ0n) is 18.6. The molecule has 2 amide bonds. The maximum atomic E-state index is 13.0. The fraction of sp³-hybridized carbons (Fsp3) is 0.346. The van der Waals surface area contributed by atoms with Crippen LogP contribution in [0.15, 0.2) is 48.5 Å². The van der Waals surface area contributed by atoms with Crippen molar-refractivity contribution in [3.05, 3.63) is 59.7 Å². The van der Waals surface area contributed by atoms with E-state index in [0.29, 0.717) is 19.4 Å². The number of hydrogen-bond donors (Lipinski definition) is 3. The summed E-state index contributed by atoms with van der Waals surface area (Å²) >= 11 is 0. The summed E-state index contributed by atoms with van der Waals surface area (Å²) < 4.78 is 5.46. The SMILES string of the molecule is C#CC1(O)CCCN(C(=O)C(CC(=O)O)NC(=O)OCC2c3ccccc3-c3ccccc32)C1. The fourth-order valence-corrected chi connectivity index (χ4v) is 4.72. The maximum Gasteiger partial charge on any atom is 0.407 e. The quantitative estimate of drug-likeness (QED) is 0.568. The molecule has 4 rings (SSSR count). The van der Waals surface area contributed by atoms with Gasteiger partial charge in [0.15, 0.2) is 0 Å². The number of nitrogens with one attached hydrogen (secondary N) is 1. The summed E-state index contributed by atoms with van der Waals surface area (Å²) in [7, 11) is 0.